The second-order valence-corrected chi connectivity index (χ2v) is 7.01. The predicted molar refractivity (Wildman–Crippen MR) is 103 cm³/mol. The lowest BCUT2D eigenvalue weighted by Crippen LogP contribution is -2.30. The van der Waals surface area contributed by atoms with E-state index in [1.54, 1.807) is 6.92 Å². The zero-order valence-corrected chi connectivity index (χ0v) is 15.8. The number of benzene rings is 2. The fourth-order valence-corrected chi connectivity index (χ4v) is 3.43. The SMILES string of the molecule is C[C@@H](c1c[nH]c(=O)c2cc(F)c(F)cc12)N(C)C(=O)c1cc2cc(F)c(F)cc2[nH]1. The Labute approximate surface area is 166 Å². The van der Waals surface area contributed by atoms with Crippen molar-refractivity contribution in [2.24, 2.45) is 0 Å². The van der Waals surface area contributed by atoms with E-state index in [1.165, 1.54) is 24.2 Å². The molecule has 4 rings (SSSR count). The summed E-state index contributed by atoms with van der Waals surface area (Å²) in [6.45, 7) is 1.65. The highest BCUT2D eigenvalue weighted by Gasteiger charge is 2.23. The summed E-state index contributed by atoms with van der Waals surface area (Å²) in [5, 5.41) is 0.451. The molecule has 0 bridgehead atoms. The number of carbonyl (C=O) groups excluding carboxylic acids is 1. The van der Waals surface area contributed by atoms with Crippen molar-refractivity contribution in [2.45, 2.75) is 13.0 Å². The van der Waals surface area contributed by atoms with Crippen molar-refractivity contribution in [3.63, 3.8) is 0 Å². The molecule has 154 valence electrons. The Morgan fingerprint density at radius 3 is 2.23 bits per heavy atom. The summed E-state index contributed by atoms with van der Waals surface area (Å²) in [6, 6.07) is 4.40. The number of rotatable bonds is 3. The van der Waals surface area contributed by atoms with Crippen LogP contribution in [-0.2, 0) is 0 Å². The average molecular weight is 417 g/mol. The van der Waals surface area contributed by atoms with Gasteiger partial charge in [0, 0.05) is 30.2 Å². The van der Waals surface area contributed by atoms with Crippen LogP contribution in [0.25, 0.3) is 21.7 Å². The van der Waals surface area contributed by atoms with Gasteiger partial charge in [0.05, 0.1) is 11.4 Å². The van der Waals surface area contributed by atoms with Gasteiger partial charge >= 0.3 is 0 Å². The Balaban J connectivity index is 1.74. The lowest BCUT2D eigenvalue weighted by molar-refractivity contribution is 0.0738. The normalized spacial score (nSPS) is 12.5. The van der Waals surface area contributed by atoms with Crippen LogP contribution in [0.15, 0.2) is 41.3 Å². The quantitative estimate of drug-likeness (QED) is 0.485. The number of H-pyrrole nitrogens is 2. The highest BCUT2D eigenvalue weighted by atomic mass is 19.2. The molecule has 2 N–H and O–H groups in total. The topological polar surface area (TPSA) is 69.0 Å². The van der Waals surface area contributed by atoms with Crippen LogP contribution in [0, 0.1) is 23.3 Å². The monoisotopic (exact) mass is 417 g/mol. The molecule has 0 fully saturated rings. The van der Waals surface area contributed by atoms with Gasteiger partial charge in [0.1, 0.15) is 5.69 Å². The van der Waals surface area contributed by atoms with Crippen LogP contribution < -0.4 is 5.56 Å². The van der Waals surface area contributed by atoms with Crippen molar-refractivity contribution in [1.29, 1.82) is 0 Å². The molecule has 0 saturated heterocycles. The lowest BCUT2D eigenvalue weighted by atomic mass is 10.0. The lowest BCUT2D eigenvalue weighted by Gasteiger charge is -2.25. The van der Waals surface area contributed by atoms with Crippen LogP contribution >= 0.6 is 0 Å². The number of aromatic amines is 2. The highest BCUT2D eigenvalue weighted by Crippen LogP contribution is 2.28. The van der Waals surface area contributed by atoms with Gasteiger partial charge in [-0.15, -0.1) is 0 Å². The van der Waals surface area contributed by atoms with E-state index in [4.69, 9.17) is 0 Å². The number of halogens is 4. The first kappa shape index (κ1) is 19.7. The van der Waals surface area contributed by atoms with Crippen molar-refractivity contribution in [2.75, 3.05) is 7.05 Å². The second-order valence-electron chi connectivity index (χ2n) is 7.01. The molecular weight excluding hydrogens is 402 g/mol. The first-order valence-corrected chi connectivity index (χ1v) is 8.92. The highest BCUT2D eigenvalue weighted by molar-refractivity contribution is 5.98. The second kappa shape index (κ2) is 7.01. The van der Waals surface area contributed by atoms with E-state index in [2.05, 4.69) is 9.97 Å². The van der Waals surface area contributed by atoms with Crippen molar-refractivity contribution in [3.05, 3.63) is 81.4 Å². The van der Waals surface area contributed by atoms with Gasteiger partial charge in [-0.2, -0.15) is 0 Å². The van der Waals surface area contributed by atoms with Crippen LogP contribution in [0.2, 0.25) is 0 Å². The smallest absolute Gasteiger partial charge is 0.270 e. The van der Waals surface area contributed by atoms with Crippen molar-refractivity contribution in [1.82, 2.24) is 14.9 Å². The van der Waals surface area contributed by atoms with Crippen molar-refractivity contribution >= 4 is 27.6 Å². The van der Waals surface area contributed by atoms with Crippen molar-refractivity contribution < 1.29 is 22.4 Å². The number of carbonyl (C=O) groups is 1. The molecule has 9 heteroatoms. The molecule has 2 aromatic carbocycles. The number of hydrogen-bond acceptors (Lipinski definition) is 2. The Bertz CT molecular complexity index is 1340. The number of amides is 1. The molecule has 0 aliphatic rings. The maximum absolute atomic E-state index is 13.8. The maximum Gasteiger partial charge on any atom is 0.270 e. The summed E-state index contributed by atoms with van der Waals surface area (Å²) in [4.78, 5) is 31.5. The molecule has 0 unspecified atom stereocenters. The molecule has 0 saturated carbocycles. The van der Waals surface area contributed by atoms with E-state index >= 15 is 0 Å². The molecule has 0 spiro atoms. The molecule has 2 aromatic heterocycles. The van der Waals surface area contributed by atoms with Crippen molar-refractivity contribution in [3.8, 4) is 0 Å². The number of nitrogens with zero attached hydrogens (tertiary/aromatic N) is 1. The zero-order valence-electron chi connectivity index (χ0n) is 15.8. The molecule has 30 heavy (non-hydrogen) atoms. The fraction of sp³-hybridized carbons (Fsp3) is 0.143. The molecule has 0 radical (unpaired) electrons. The third kappa shape index (κ3) is 3.12. The van der Waals surface area contributed by atoms with E-state index in [-0.39, 0.29) is 22.0 Å². The minimum absolute atomic E-state index is 0.0457. The summed E-state index contributed by atoms with van der Waals surface area (Å²) in [5.41, 5.74) is 0.154. The summed E-state index contributed by atoms with van der Waals surface area (Å²) < 4.78 is 54.2. The Morgan fingerprint density at radius 2 is 1.53 bits per heavy atom. The van der Waals surface area contributed by atoms with Crippen LogP contribution in [0.3, 0.4) is 0 Å². The third-order valence-corrected chi connectivity index (χ3v) is 5.22. The zero-order chi connectivity index (χ0) is 21.7. The Hall–Kier alpha value is -3.62. The van der Waals surface area contributed by atoms with E-state index in [0.29, 0.717) is 10.9 Å². The molecule has 1 amide bonds. The summed E-state index contributed by atoms with van der Waals surface area (Å²) in [7, 11) is 1.48. The van der Waals surface area contributed by atoms with Crippen LogP contribution in [0.1, 0.15) is 29.0 Å². The first-order valence-electron chi connectivity index (χ1n) is 8.92. The number of pyridine rings is 1. The van der Waals surface area contributed by atoms with Gasteiger partial charge in [0.15, 0.2) is 23.3 Å². The fourth-order valence-electron chi connectivity index (χ4n) is 3.43. The van der Waals surface area contributed by atoms with Crippen LogP contribution in [-0.4, -0.2) is 27.8 Å². The Kier molecular flexibility index (Phi) is 4.60. The van der Waals surface area contributed by atoms with Gasteiger partial charge in [-0.25, -0.2) is 17.6 Å². The molecule has 0 aliphatic carbocycles. The molecule has 5 nitrogen and oxygen atoms in total. The molecule has 0 aliphatic heterocycles. The number of hydrogen-bond donors (Lipinski definition) is 2. The van der Waals surface area contributed by atoms with Crippen LogP contribution in [0.4, 0.5) is 17.6 Å². The Morgan fingerprint density at radius 1 is 0.933 bits per heavy atom. The number of nitrogens with one attached hydrogen (secondary N) is 2. The molecular formula is C21H15F4N3O2. The van der Waals surface area contributed by atoms with Gasteiger partial charge in [-0.3, -0.25) is 9.59 Å². The van der Waals surface area contributed by atoms with Crippen LogP contribution in [0.5, 0.6) is 0 Å². The summed E-state index contributed by atoms with van der Waals surface area (Å²) >= 11 is 0. The van der Waals surface area contributed by atoms with Gasteiger partial charge in [-0.1, -0.05) is 0 Å². The molecule has 4 aromatic rings. The van der Waals surface area contributed by atoms with Gasteiger partial charge in [-0.05, 0) is 42.1 Å². The first-order chi connectivity index (χ1) is 14.2. The minimum Gasteiger partial charge on any atom is -0.350 e. The van der Waals surface area contributed by atoms with E-state index < -0.39 is 40.8 Å². The molecule has 1 atom stereocenters. The standard InChI is InChI=1S/C21H15F4N3O2/c1-9(13-8-26-20(29)12-6-16(24)15(23)5-11(12)13)28(2)21(30)19-4-10-3-14(22)17(25)7-18(10)27-19/h3-9,27H,1-2H3,(H,26,29)/t9-/m0/s1. The predicted octanol–water partition coefficient (Wildman–Crippen LogP) is 4.40. The summed E-state index contributed by atoms with van der Waals surface area (Å²) in [5.74, 6) is -4.84. The largest absolute Gasteiger partial charge is 0.350 e. The average Bonchev–Trinajstić information content (AvgIpc) is 3.11. The minimum atomic E-state index is -1.15. The maximum atomic E-state index is 13.8. The van der Waals surface area contributed by atoms with Gasteiger partial charge in [0.2, 0.25) is 0 Å². The summed E-state index contributed by atoms with van der Waals surface area (Å²) in [6.07, 6.45) is 1.34. The molecule has 2 heterocycles. The van der Waals surface area contributed by atoms with Gasteiger partial charge < -0.3 is 14.9 Å². The van der Waals surface area contributed by atoms with E-state index in [9.17, 15) is 27.2 Å². The van der Waals surface area contributed by atoms with Gasteiger partial charge in [0.25, 0.3) is 11.5 Å². The van der Waals surface area contributed by atoms with E-state index in [1.807, 2.05) is 0 Å². The number of fused-ring (bicyclic) bond motifs is 2. The number of aromatic nitrogens is 2. The van der Waals surface area contributed by atoms with E-state index in [0.717, 1.165) is 24.3 Å². The third-order valence-electron chi connectivity index (χ3n) is 5.22.